The van der Waals surface area contributed by atoms with E-state index in [0.29, 0.717) is 22.0 Å². The highest BCUT2D eigenvalue weighted by atomic mass is 35.5. The molecule has 0 unspecified atom stereocenters. The number of carbonyl (C=O) groups is 1. The summed E-state index contributed by atoms with van der Waals surface area (Å²) >= 11 is 6.10. The second kappa shape index (κ2) is 7.79. The van der Waals surface area contributed by atoms with Gasteiger partial charge in [0.05, 0.1) is 15.6 Å². The van der Waals surface area contributed by atoms with Gasteiger partial charge in [0.25, 0.3) is 0 Å². The first-order valence-electron chi connectivity index (χ1n) is 7.84. The molecule has 27 heavy (non-hydrogen) atoms. The van der Waals surface area contributed by atoms with Gasteiger partial charge in [-0.15, -0.1) is 0 Å². The number of para-hydroxylation sites is 1. The van der Waals surface area contributed by atoms with Crippen molar-refractivity contribution in [1.29, 1.82) is 0 Å². The fourth-order valence-electron chi connectivity index (χ4n) is 2.35. The molecular formula is C18H14ClN5O3. The van der Waals surface area contributed by atoms with Gasteiger partial charge in [0.2, 0.25) is 11.6 Å². The summed E-state index contributed by atoms with van der Waals surface area (Å²) in [6.07, 6.45) is 1.21. The zero-order chi connectivity index (χ0) is 19.4. The van der Waals surface area contributed by atoms with E-state index in [1.165, 1.54) is 13.3 Å². The molecule has 1 aromatic heterocycles. The quantitative estimate of drug-likeness (QED) is 0.359. The Labute approximate surface area is 159 Å². The summed E-state index contributed by atoms with van der Waals surface area (Å²) in [5, 5.41) is 17.8. The Morgan fingerprint density at radius 1 is 1.04 bits per heavy atom. The van der Waals surface area contributed by atoms with Crippen LogP contribution in [0.1, 0.15) is 17.3 Å². The number of nitro groups is 1. The van der Waals surface area contributed by atoms with E-state index in [2.05, 4.69) is 20.6 Å². The van der Waals surface area contributed by atoms with Crippen molar-refractivity contribution in [3.63, 3.8) is 0 Å². The molecule has 1 heterocycles. The molecule has 0 atom stereocenters. The highest BCUT2D eigenvalue weighted by molar-refractivity contribution is 6.33. The number of Topliss-reactive ketones (excluding diaryl/α,β-unsaturated/α-hetero) is 1. The lowest BCUT2D eigenvalue weighted by Gasteiger charge is -2.11. The summed E-state index contributed by atoms with van der Waals surface area (Å²) in [4.78, 5) is 30.3. The number of hydrogen-bond donors (Lipinski definition) is 2. The average molecular weight is 384 g/mol. The molecule has 0 bridgehead atoms. The third-order valence-electron chi connectivity index (χ3n) is 3.69. The van der Waals surface area contributed by atoms with E-state index in [1.807, 2.05) is 0 Å². The smallest absolute Gasteiger partial charge is 0.334 e. The van der Waals surface area contributed by atoms with Crippen LogP contribution >= 0.6 is 11.6 Å². The van der Waals surface area contributed by atoms with Crippen molar-refractivity contribution >= 4 is 46.1 Å². The average Bonchev–Trinajstić information content (AvgIpc) is 2.64. The van der Waals surface area contributed by atoms with Gasteiger partial charge in [-0.25, -0.2) is 9.97 Å². The number of anilines is 4. The van der Waals surface area contributed by atoms with Crippen molar-refractivity contribution in [3.05, 3.63) is 75.6 Å². The predicted molar refractivity (Wildman–Crippen MR) is 103 cm³/mol. The molecule has 0 aliphatic rings. The number of carbonyl (C=O) groups excluding carboxylic acids is 1. The summed E-state index contributed by atoms with van der Waals surface area (Å²) in [5.41, 5.74) is 1.25. The van der Waals surface area contributed by atoms with Crippen LogP contribution in [0.2, 0.25) is 5.02 Å². The summed E-state index contributed by atoms with van der Waals surface area (Å²) < 4.78 is 0. The number of rotatable bonds is 6. The Balaban J connectivity index is 1.95. The lowest BCUT2D eigenvalue weighted by atomic mass is 10.1. The normalized spacial score (nSPS) is 10.3. The Morgan fingerprint density at radius 2 is 1.67 bits per heavy atom. The largest absolute Gasteiger partial charge is 0.353 e. The maximum atomic E-state index is 11.6. The van der Waals surface area contributed by atoms with E-state index in [4.69, 9.17) is 11.6 Å². The fraction of sp³-hybridized carbons (Fsp3) is 0.0556. The van der Waals surface area contributed by atoms with Crippen LogP contribution in [0.5, 0.6) is 0 Å². The van der Waals surface area contributed by atoms with Crippen LogP contribution in [-0.4, -0.2) is 20.7 Å². The van der Waals surface area contributed by atoms with Gasteiger partial charge in [-0.05, 0) is 43.3 Å². The highest BCUT2D eigenvalue weighted by Gasteiger charge is 2.23. The fourth-order valence-corrected chi connectivity index (χ4v) is 2.53. The molecule has 0 aliphatic carbocycles. The number of aromatic nitrogens is 2. The molecule has 0 spiro atoms. The van der Waals surface area contributed by atoms with Crippen molar-refractivity contribution in [1.82, 2.24) is 9.97 Å². The maximum Gasteiger partial charge on any atom is 0.353 e. The molecule has 3 aromatic rings. The number of halogens is 1. The van der Waals surface area contributed by atoms with Crippen LogP contribution in [-0.2, 0) is 0 Å². The first-order valence-corrected chi connectivity index (χ1v) is 8.22. The SMILES string of the molecule is CC(=O)c1ccc(Nc2ncnc(Nc3ccccc3Cl)c2[N+](=O)[O-])cc1. The van der Waals surface area contributed by atoms with E-state index in [9.17, 15) is 14.9 Å². The number of ketones is 1. The molecule has 0 fully saturated rings. The minimum atomic E-state index is -0.578. The number of nitrogens with one attached hydrogen (secondary N) is 2. The molecule has 0 radical (unpaired) electrons. The van der Waals surface area contributed by atoms with Crippen molar-refractivity contribution in [2.45, 2.75) is 6.92 Å². The first-order chi connectivity index (χ1) is 13.0. The van der Waals surface area contributed by atoms with Gasteiger partial charge in [-0.2, -0.15) is 0 Å². The van der Waals surface area contributed by atoms with E-state index in [-0.39, 0.29) is 23.1 Å². The zero-order valence-electron chi connectivity index (χ0n) is 14.1. The number of hydrogen-bond acceptors (Lipinski definition) is 7. The third-order valence-corrected chi connectivity index (χ3v) is 4.02. The van der Waals surface area contributed by atoms with Crippen molar-refractivity contribution in [2.75, 3.05) is 10.6 Å². The standard InChI is InChI=1S/C18H14ClN5O3/c1-11(25)12-6-8-13(9-7-12)22-17-16(24(26)27)18(21-10-20-17)23-15-5-3-2-4-14(15)19/h2-10H,1H3,(H2,20,21,22,23). The van der Waals surface area contributed by atoms with Crippen LogP contribution in [0.4, 0.5) is 28.7 Å². The molecule has 9 heteroatoms. The Hall–Kier alpha value is -3.52. The van der Waals surface area contributed by atoms with Crippen molar-refractivity contribution in [2.24, 2.45) is 0 Å². The molecule has 0 aliphatic heterocycles. The Bertz CT molecular complexity index is 1010. The van der Waals surface area contributed by atoms with Gasteiger partial charge >= 0.3 is 5.69 Å². The van der Waals surface area contributed by atoms with Crippen LogP contribution in [0.25, 0.3) is 0 Å². The van der Waals surface area contributed by atoms with Gasteiger partial charge in [0.1, 0.15) is 6.33 Å². The molecule has 0 amide bonds. The molecule has 3 rings (SSSR count). The monoisotopic (exact) mass is 383 g/mol. The van der Waals surface area contributed by atoms with Gasteiger partial charge in [-0.3, -0.25) is 14.9 Å². The van der Waals surface area contributed by atoms with Crippen molar-refractivity contribution < 1.29 is 9.72 Å². The van der Waals surface area contributed by atoms with E-state index < -0.39 is 4.92 Å². The maximum absolute atomic E-state index is 11.6. The van der Waals surface area contributed by atoms with E-state index >= 15 is 0 Å². The topological polar surface area (TPSA) is 110 Å². The van der Waals surface area contributed by atoms with Crippen molar-refractivity contribution in [3.8, 4) is 0 Å². The Kier molecular flexibility index (Phi) is 5.28. The molecule has 136 valence electrons. The second-order valence-corrected chi connectivity index (χ2v) is 5.95. The molecule has 8 nitrogen and oxygen atoms in total. The van der Waals surface area contributed by atoms with Crippen LogP contribution in [0.3, 0.4) is 0 Å². The molecule has 2 aromatic carbocycles. The zero-order valence-corrected chi connectivity index (χ0v) is 14.9. The van der Waals surface area contributed by atoms with Gasteiger partial charge in [0, 0.05) is 11.3 Å². The molecular weight excluding hydrogens is 370 g/mol. The summed E-state index contributed by atoms with van der Waals surface area (Å²) in [5.74, 6) is -0.0492. The van der Waals surface area contributed by atoms with Crippen LogP contribution in [0, 0.1) is 10.1 Å². The molecule has 0 saturated carbocycles. The van der Waals surface area contributed by atoms with E-state index in [1.54, 1.807) is 48.5 Å². The lowest BCUT2D eigenvalue weighted by Crippen LogP contribution is -2.05. The number of nitrogens with zero attached hydrogens (tertiary/aromatic N) is 3. The van der Waals surface area contributed by atoms with Crippen LogP contribution in [0.15, 0.2) is 54.9 Å². The summed E-state index contributed by atoms with van der Waals surface area (Å²) in [6, 6.07) is 13.4. The minimum absolute atomic E-state index is 0.00551. The number of benzene rings is 2. The summed E-state index contributed by atoms with van der Waals surface area (Å²) in [7, 11) is 0. The summed E-state index contributed by atoms with van der Waals surface area (Å²) in [6.45, 7) is 1.46. The van der Waals surface area contributed by atoms with Gasteiger partial charge < -0.3 is 10.6 Å². The van der Waals surface area contributed by atoms with E-state index in [0.717, 1.165) is 0 Å². The predicted octanol–water partition coefficient (Wildman–Crippen LogP) is 4.73. The molecule has 0 saturated heterocycles. The third kappa shape index (κ3) is 4.18. The Morgan fingerprint density at radius 3 is 2.26 bits per heavy atom. The first kappa shape index (κ1) is 18.3. The second-order valence-electron chi connectivity index (χ2n) is 5.54. The highest BCUT2D eigenvalue weighted by Crippen LogP contribution is 2.34. The molecule has 2 N–H and O–H groups in total. The minimum Gasteiger partial charge on any atom is -0.334 e. The van der Waals surface area contributed by atoms with Gasteiger partial charge in [0.15, 0.2) is 5.78 Å². The lowest BCUT2D eigenvalue weighted by molar-refractivity contribution is -0.383. The van der Waals surface area contributed by atoms with Crippen LogP contribution < -0.4 is 10.6 Å². The van der Waals surface area contributed by atoms with Gasteiger partial charge in [-0.1, -0.05) is 23.7 Å².